The standard InChI is InChI=1S/C48H31NO2/c1-3-15-32(16-4-1)35-22-13-27-45-47(35)39-20-8-11-25-43(39)50-44-26-12-9-21-40(44)48-36(23-14-28-46(48)51-45)33-29-30-38-37-19-7-10-24-41(37)49(42(38)31-33)34-17-5-2-6-18-34/h1-31H. The number of fused-ring (bicyclic) bond motifs is 9. The molecular weight excluding hydrogens is 623 g/mol. The van der Waals surface area contributed by atoms with Crippen LogP contribution in [0.25, 0.3) is 72.0 Å². The summed E-state index contributed by atoms with van der Waals surface area (Å²) in [4.78, 5) is 0. The Bertz CT molecular complexity index is 2740. The second-order valence-electron chi connectivity index (χ2n) is 12.8. The fourth-order valence-electron chi connectivity index (χ4n) is 7.64. The van der Waals surface area contributed by atoms with Crippen molar-refractivity contribution >= 4 is 21.8 Å². The minimum Gasteiger partial charge on any atom is -0.456 e. The van der Waals surface area contributed by atoms with Crippen molar-refractivity contribution in [2.45, 2.75) is 0 Å². The molecule has 51 heavy (non-hydrogen) atoms. The average molecular weight is 654 g/mol. The van der Waals surface area contributed by atoms with Gasteiger partial charge in [0.05, 0.1) is 11.0 Å². The number of aromatic nitrogens is 1. The molecule has 0 bridgehead atoms. The molecule has 3 nitrogen and oxygen atoms in total. The monoisotopic (exact) mass is 653 g/mol. The van der Waals surface area contributed by atoms with E-state index in [1.165, 1.54) is 16.3 Å². The molecule has 0 N–H and O–H groups in total. The van der Waals surface area contributed by atoms with Crippen molar-refractivity contribution in [1.29, 1.82) is 0 Å². The largest absolute Gasteiger partial charge is 0.456 e. The molecule has 240 valence electrons. The topological polar surface area (TPSA) is 23.4 Å². The lowest BCUT2D eigenvalue weighted by atomic mass is 9.91. The van der Waals surface area contributed by atoms with Gasteiger partial charge < -0.3 is 14.0 Å². The van der Waals surface area contributed by atoms with E-state index < -0.39 is 0 Å². The number of hydrogen-bond donors (Lipinski definition) is 0. The van der Waals surface area contributed by atoms with Gasteiger partial charge in [-0.25, -0.2) is 0 Å². The van der Waals surface area contributed by atoms with Crippen LogP contribution in [-0.2, 0) is 0 Å². The third kappa shape index (κ3) is 4.82. The summed E-state index contributed by atoms with van der Waals surface area (Å²) in [5, 5.41) is 2.44. The number of rotatable bonds is 3. The number of benzene rings is 8. The van der Waals surface area contributed by atoms with Gasteiger partial charge in [-0.15, -0.1) is 0 Å². The van der Waals surface area contributed by atoms with Crippen LogP contribution in [0.3, 0.4) is 0 Å². The van der Waals surface area contributed by atoms with Gasteiger partial charge in [0.1, 0.15) is 23.0 Å². The quantitative estimate of drug-likeness (QED) is 0.189. The predicted molar refractivity (Wildman–Crippen MR) is 209 cm³/mol. The molecule has 0 saturated heterocycles. The molecule has 10 rings (SSSR count). The van der Waals surface area contributed by atoms with Crippen molar-refractivity contribution < 1.29 is 9.47 Å². The maximum Gasteiger partial charge on any atom is 0.136 e. The molecule has 1 aliphatic rings. The molecule has 0 spiro atoms. The van der Waals surface area contributed by atoms with Gasteiger partial charge >= 0.3 is 0 Å². The number of hydrogen-bond acceptors (Lipinski definition) is 2. The van der Waals surface area contributed by atoms with Crippen LogP contribution in [0.4, 0.5) is 0 Å². The summed E-state index contributed by atoms with van der Waals surface area (Å²) >= 11 is 0. The van der Waals surface area contributed by atoms with Crippen molar-refractivity contribution in [3.05, 3.63) is 188 Å². The molecule has 3 heteroatoms. The molecule has 1 aliphatic heterocycles. The Morgan fingerprint density at radius 1 is 0.314 bits per heavy atom. The highest BCUT2D eigenvalue weighted by Crippen LogP contribution is 2.51. The van der Waals surface area contributed by atoms with Gasteiger partial charge in [-0.2, -0.15) is 0 Å². The summed E-state index contributed by atoms with van der Waals surface area (Å²) in [6.07, 6.45) is 0. The molecule has 0 saturated carbocycles. The number of para-hydroxylation sites is 4. The average Bonchev–Trinajstić information content (AvgIpc) is 3.53. The molecule has 0 atom stereocenters. The van der Waals surface area contributed by atoms with Crippen molar-refractivity contribution in [3.63, 3.8) is 0 Å². The smallest absolute Gasteiger partial charge is 0.136 e. The lowest BCUT2D eigenvalue weighted by Crippen LogP contribution is -2.00. The Morgan fingerprint density at radius 2 is 0.804 bits per heavy atom. The van der Waals surface area contributed by atoms with E-state index in [4.69, 9.17) is 9.47 Å². The van der Waals surface area contributed by atoms with Gasteiger partial charge in [-0.1, -0.05) is 140 Å². The fraction of sp³-hybridized carbons (Fsp3) is 0. The van der Waals surface area contributed by atoms with E-state index in [2.05, 4.69) is 168 Å². The van der Waals surface area contributed by atoms with E-state index in [-0.39, 0.29) is 0 Å². The van der Waals surface area contributed by atoms with Gasteiger partial charge in [-0.3, -0.25) is 0 Å². The van der Waals surface area contributed by atoms with Crippen molar-refractivity contribution in [1.82, 2.24) is 4.57 Å². The zero-order valence-corrected chi connectivity index (χ0v) is 27.7. The summed E-state index contributed by atoms with van der Waals surface area (Å²) in [6.45, 7) is 0. The summed E-state index contributed by atoms with van der Waals surface area (Å²) in [6, 6.07) is 65.7. The minimum atomic E-state index is 0.762. The van der Waals surface area contributed by atoms with E-state index in [0.717, 1.165) is 78.7 Å². The van der Waals surface area contributed by atoms with E-state index in [1.54, 1.807) is 0 Å². The van der Waals surface area contributed by atoms with Crippen molar-refractivity contribution in [2.75, 3.05) is 0 Å². The van der Waals surface area contributed by atoms with Crippen LogP contribution in [0.5, 0.6) is 23.0 Å². The van der Waals surface area contributed by atoms with Crippen LogP contribution in [0.2, 0.25) is 0 Å². The van der Waals surface area contributed by atoms with Crippen molar-refractivity contribution in [3.8, 4) is 73.2 Å². The maximum absolute atomic E-state index is 7.12. The van der Waals surface area contributed by atoms with E-state index in [0.29, 0.717) is 0 Å². The SMILES string of the molecule is c1ccc(-c2cccc3c2-c2ccccc2Oc2ccccc2-c2c(cccc2-c2ccc4c5ccccc5n(-c5ccccc5)c4c2)O3)cc1. The summed E-state index contributed by atoms with van der Waals surface area (Å²) in [7, 11) is 0. The first-order chi connectivity index (χ1) is 25.3. The molecular formula is C48H31NO2. The first-order valence-corrected chi connectivity index (χ1v) is 17.3. The van der Waals surface area contributed by atoms with Crippen LogP contribution in [0, 0.1) is 0 Å². The number of ether oxygens (including phenoxy) is 2. The van der Waals surface area contributed by atoms with Gasteiger partial charge in [-0.05, 0) is 70.8 Å². The van der Waals surface area contributed by atoms with Crippen LogP contribution < -0.4 is 9.47 Å². The highest BCUT2D eigenvalue weighted by atomic mass is 16.5. The predicted octanol–water partition coefficient (Wildman–Crippen LogP) is 13.3. The molecule has 1 aromatic heterocycles. The van der Waals surface area contributed by atoms with Crippen LogP contribution >= 0.6 is 0 Å². The Balaban J connectivity index is 1.24. The first-order valence-electron chi connectivity index (χ1n) is 17.3. The zero-order valence-electron chi connectivity index (χ0n) is 27.7. The Kier molecular flexibility index (Phi) is 6.81. The van der Waals surface area contributed by atoms with E-state index in [9.17, 15) is 0 Å². The molecule has 0 fully saturated rings. The summed E-state index contributed by atoms with van der Waals surface area (Å²) in [5.41, 5.74) is 11.7. The molecule has 0 amide bonds. The Morgan fingerprint density at radius 3 is 1.49 bits per heavy atom. The highest BCUT2D eigenvalue weighted by molar-refractivity contribution is 6.10. The lowest BCUT2D eigenvalue weighted by molar-refractivity contribution is 0.472. The molecule has 0 unspecified atom stereocenters. The van der Waals surface area contributed by atoms with E-state index in [1.807, 2.05) is 24.3 Å². The molecule has 0 radical (unpaired) electrons. The van der Waals surface area contributed by atoms with E-state index >= 15 is 0 Å². The fourth-order valence-corrected chi connectivity index (χ4v) is 7.64. The lowest BCUT2D eigenvalue weighted by Gasteiger charge is -2.24. The van der Waals surface area contributed by atoms with Gasteiger partial charge in [0, 0.05) is 38.7 Å². The normalized spacial score (nSPS) is 11.8. The maximum atomic E-state index is 7.12. The van der Waals surface area contributed by atoms with Gasteiger partial charge in [0.25, 0.3) is 0 Å². The molecule has 0 aliphatic carbocycles. The Labute approximate surface area is 296 Å². The second-order valence-corrected chi connectivity index (χ2v) is 12.8. The third-order valence-corrected chi connectivity index (χ3v) is 9.89. The van der Waals surface area contributed by atoms with Crippen molar-refractivity contribution in [2.24, 2.45) is 0 Å². The summed E-state index contributed by atoms with van der Waals surface area (Å²) in [5.74, 6) is 3.07. The van der Waals surface area contributed by atoms with Crippen LogP contribution in [0.15, 0.2) is 188 Å². The molecule has 8 aromatic carbocycles. The first kappa shape index (κ1) is 29.1. The second kappa shape index (κ2) is 11.9. The number of nitrogens with zero attached hydrogens (tertiary/aromatic N) is 1. The highest BCUT2D eigenvalue weighted by Gasteiger charge is 2.25. The third-order valence-electron chi connectivity index (χ3n) is 9.89. The van der Waals surface area contributed by atoms with Gasteiger partial charge in [0.15, 0.2) is 0 Å². The zero-order chi connectivity index (χ0) is 33.7. The van der Waals surface area contributed by atoms with Gasteiger partial charge in [0.2, 0.25) is 0 Å². The molecule has 9 aromatic rings. The van der Waals surface area contributed by atoms with Crippen LogP contribution in [-0.4, -0.2) is 4.57 Å². The summed E-state index contributed by atoms with van der Waals surface area (Å²) < 4.78 is 16.4. The van der Waals surface area contributed by atoms with Crippen LogP contribution in [0.1, 0.15) is 0 Å². The minimum absolute atomic E-state index is 0.762. The molecule has 2 heterocycles. The Hall–Kier alpha value is -6.84.